The minimum absolute atomic E-state index is 0.0619. The Balaban J connectivity index is 1.60. The number of Topliss-reactive ketones (excluding diaryl/α,β-unsaturated/α-hetero) is 1. The van der Waals surface area contributed by atoms with Crippen molar-refractivity contribution in [3.63, 3.8) is 0 Å². The number of thiophene rings is 1. The fourth-order valence-corrected chi connectivity index (χ4v) is 6.09. The number of ether oxygens (including phenoxy) is 1. The van der Waals surface area contributed by atoms with Gasteiger partial charge in [0, 0.05) is 10.4 Å². The maximum absolute atomic E-state index is 13.4. The summed E-state index contributed by atoms with van der Waals surface area (Å²) in [6, 6.07) is 15.9. The average molecular weight is 519 g/mol. The van der Waals surface area contributed by atoms with Crippen LogP contribution >= 0.6 is 22.7 Å². The van der Waals surface area contributed by atoms with Crippen molar-refractivity contribution in [2.45, 2.75) is 39.2 Å². The first-order valence-electron chi connectivity index (χ1n) is 11.9. The fourth-order valence-electron chi connectivity index (χ4n) is 4.22. The van der Waals surface area contributed by atoms with Crippen molar-refractivity contribution < 1.29 is 19.4 Å². The van der Waals surface area contributed by atoms with Crippen LogP contribution in [0.15, 0.2) is 65.6 Å². The largest absolute Gasteiger partial charge is 0.507 e. The van der Waals surface area contributed by atoms with Crippen molar-refractivity contribution in [2.75, 3.05) is 11.5 Å². The van der Waals surface area contributed by atoms with Gasteiger partial charge in [-0.05, 0) is 65.7 Å². The smallest absolute Gasteiger partial charge is 0.301 e. The maximum atomic E-state index is 13.4. The molecule has 0 aliphatic carbocycles. The van der Waals surface area contributed by atoms with E-state index in [1.807, 2.05) is 36.6 Å². The number of hydrogen-bond donors (Lipinski definition) is 1. The Kier molecular flexibility index (Phi) is 6.64. The van der Waals surface area contributed by atoms with E-state index in [-0.39, 0.29) is 11.3 Å². The minimum atomic E-state index is -0.758. The monoisotopic (exact) mass is 518 g/mol. The molecule has 1 amide bonds. The molecule has 36 heavy (non-hydrogen) atoms. The Hall–Kier alpha value is -3.49. The van der Waals surface area contributed by atoms with Gasteiger partial charge in [-0.25, -0.2) is 4.98 Å². The van der Waals surface area contributed by atoms with E-state index in [1.165, 1.54) is 33.1 Å². The van der Waals surface area contributed by atoms with Crippen LogP contribution < -0.4 is 9.64 Å². The van der Waals surface area contributed by atoms with Crippen LogP contribution in [0.5, 0.6) is 5.75 Å². The van der Waals surface area contributed by atoms with Gasteiger partial charge in [0.25, 0.3) is 5.78 Å². The Bertz CT molecular complexity index is 1450. The second-order valence-corrected chi connectivity index (χ2v) is 10.9. The number of carbonyl (C=O) groups is 2. The van der Waals surface area contributed by atoms with Crippen LogP contribution in [0.3, 0.4) is 0 Å². The summed E-state index contributed by atoms with van der Waals surface area (Å²) < 4.78 is 6.58. The predicted octanol–water partition coefficient (Wildman–Crippen LogP) is 6.90. The molecule has 0 spiro atoms. The molecule has 4 aromatic rings. The number of anilines is 1. The zero-order valence-corrected chi connectivity index (χ0v) is 21.9. The molecule has 1 unspecified atom stereocenters. The number of aromatic nitrogens is 1. The van der Waals surface area contributed by atoms with E-state index in [2.05, 4.69) is 19.9 Å². The van der Waals surface area contributed by atoms with E-state index in [0.717, 1.165) is 21.5 Å². The normalized spacial score (nSPS) is 17.4. The lowest BCUT2D eigenvalue weighted by atomic mass is 10.00. The van der Waals surface area contributed by atoms with Gasteiger partial charge in [-0.2, -0.15) is 0 Å². The van der Waals surface area contributed by atoms with Gasteiger partial charge >= 0.3 is 5.91 Å². The highest BCUT2D eigenvalue weighted by Crippen LogP contribution is 2.45. The molecule has 2 aromatic carbocycles. The van der Waals surface area contributed by atoms with Crippen molar-refractivity contribution in [3.05, 3.63) is 81.6 Å². The van der Waals surface area contributed by atoms with E-state index in [9.17, 15) is 14.7 Å². The second-order valence-electron chi connectivity index (χ2n) is 8.94. The molecule has 1 atom stereocenters. The molecule has 6 nitrogen and oxygen atoms in total. The van der Waals surface area contributed by atoms with Gasteiger partial charge in [-0.15, -0.1) is 11.3 Å². The van der Waals surface area contributed by atoms with Crippen molar-refractivity contribution in [2.24, 2.45) is 0 Å². The number of thiazole rings is 1. The molecular weight excluding hydrogens is 492 g/mol. The number of hydrogen-bond acceptors (Lipinski definition) is 7. The molecule has 8 heteroatoms. The zero-order valence-electron chi connectivity index (χ0n) is 20.2. The van der Waals surface area contributed by atoms with Crippen molar-refractivity contribution in [3.8, 4) is 5.75 Å². The fraction of sp³-hybridized carbons (Fsp3) is 0.250. The summed E-state index contributed by atoms with van der Waals surface area (Å²) in [5.41, 5.74) is 2.46. The van der Waals surface area contributed by atoms with Gasteiger partial charge < -0.3 is 9.84 Å². The summed E-state index contributed by atoms with van der Waals surface area (Å²) in [6.07, 6.45) is 0.885. The predicted molar refractivity (Wildman–Crippen MR) is 145 cm³/mol. The van der Waals surface area contributed by atoms with E-state index in [1.54, 1.807) is 24.3 Å². The highest BCUT2D eigenvalue weighted by Gasteiger charge is 2.48. The molecule has 2 aromatic heterocycles. The van der Waals surface area contributed by atoms with Crippen LogP contribution in [-0.2, 0) is 9.59 Å². The molecule has 1 saturated heterocycles. The molecule has 184 valence electrons. The number of aliphatic hydroxyl groups is 1. The Morgan fingerprint density at radius 1 is 1.14 bits per heavy atom. The van der Waals surface area contributed by atoms with E-state index >= 15 is 0 Å². The summed E-state index contributed by atoms with van der Waals surface area (Å²) in [6.45, 7) is 6.87. The lowest BCUT2D eigenvalue weighted by Crippen LogP contribution is -2.28. The van der Waals surface area contributed by atoms with Gasteiger partial charge in [-0.1, -0.05) is 44.2 Å². The number of amides is 1. The summed E-state index contributed by atoms with van der Waals surface area (Å²) in [4.78, 5) is 33.6. The lowest BCUT2D eigenvalue weighted by Gasteiger charge is -2.21. The molecule has 0 radical (unpaired) electrons. The molecule has 3 heterocycles. The summed E-state index contributed by atoms with van der Waals surface area (Å²) >= 11 is 2.81. The molecule has 5 rings (SSSR count). The Morgan fingerprint density at radius 3 is 2.58 bits per heavy atom. The first-order valence-corrected chi connectivity index (χ1v) is 13.6. The number of nitrogens with zero attached hydrogens (tertiary/aromatic N) is 2. The van der Waals surface area contributed by atoms with Crippen LogP contribution in [0, 0.1) is 0 Å². The number of fused-ring (bicyclic) bond motifs is 1. The highest BCUT2D eigenvalue weighted by molar-refractivity contribution is 7.22. The molecule has 1 aliphatic heterocycles. The third-order valence-electron chi connectivity index (χ3n) is 6.13. The molecule has 0 saturated carbocycles. The van der Waals surface area contributed by atoms with Crippen LogP contribution in [-0.4, -0.2) is 28.4 Å². The third-order valence-corrected chi connectivity index (χ3v) is 8.07. The standard InChI is InChI=1S/C28H26N2O4S2/c1-4-13-34-19-10-7-17(8-11-19)25(31)23-24(21-6-5-14-35-21)30(27(33)26(23)32)28-29-20-12-9-18(16(2)3)15-22(20)36-28/h5-12,14-16,24,31H,4,13H2,1-3H3/b25-23+. The third kappa shape index (κ3) is 4.31. The molecule has 0 bridgehead atoms. The topological polar surface area (TPSA) is 79.7 Å². The number of ketones is 1. The molecule has 1 fully saturated rings. The quantitative estimate of drug-likeness (QED) is 0.164. The van der Waals surface area contributed by atoms with E-state index in [0.29, 0.717) is 29.0 Å². The first kappa shape index (κ1) is 24.2. The Morgan fingerprint density at radius 2 is 1.92 bits per heavy atom. The highest BCUT2D eigenvalue weighted by atomic mass is 32.1. The lowest BCUT2D eigenvalue weighted by molar-refractivity contribution is -0.132. The SMILES string of the molecule is CCCOc1ccc(/C(O)=C2\C(=O)C(=O)N(c3nc4ccc(C(C)C)cc4s3)C2c2cccs2)cc1. The maximum Gasteiger partial charge on any atom is 0.301 e. The van der Waals surface area contributed by atoms with Gasteiger partial charge in [-0.3, -0.25) is 14.5 Å². The number of aliphatic hydroxyl groups excluding tert-OH is 1. The van der Waals surface area contributed by atoms with E-state index < -0.39 is 17.7 Å². The summed E-state index contributed by atoms with van der Waals surface area (Å²) in [5.74, 6) is -0.585. The van der Waals surface area contributed by atoms with Crippen LogP contribution in [0.4, 0.5) is 5.13 Å². The average Bonchev–Trinajstić information content (AvgIpc) is 3.61. The summed E-state index contributed by atoms with van der Waals surface area (Å²) in [7, 11) is 0. The van der Waals surface area contributed by atoms with Crippen LogP contribution in [0.2, 0.25) is 0 Å². The zero-order chi connectivity index (χ0) is 25.4. The number of rotatable bonds is 7. The molecular formula is C28H26N2O4S2. The van der Waals surface area contributed by atoms with Gasteiger partial charge in [0.2, 0.25) is 0 Å². The molecule has 1 N–H and O–H groups in total. The van der Waals surface area contributed by atoms with Gasteiger partial charge in [0.1, 0.15) is 17.6 Å². The number of benzene rings is 2. The summed E-state index contributed by atoms with van der Waals surface area (Å²) in [5, 5.41) is 13.6. The first-order chi connectivity index (χ1) is 17.4. The van der Waals surface area contributed by atoms with Crippen molar-refractivity contribution >= 4 is 55.5 Å². The minimum Gasteiger partial charge on any atom is -0.507 e. The van der Waals surface area contributed by atoms with Crippen LogP contribution in [0.1, 0.15) is 55.2 Å². The van der Waals surface area contributed by atoms with Crippen molar-refractivity contribution in [1.82, 2.24) is 4.98 Å². The number of carbonyl (C=O) groups excluding carboxylic acids is 2. The Labute approximate surface area is 217 Å². The van der Waals surface area contributed by atoms with Gasteiger partial charge in [0.05, 0.1) is 22.4 Å². The van der Waals surface area contributed by atoms with Crippen LogP contribution in [0.25, 0.3) is 16.0 Å². The molecule has 1 aliphatic rings. The second kappa shape index (κ2) is 9.87. The van der Waals surface area contributed by atoms with Crippen molar-refractivity contribution in [1.29, 1.82) is 0 Å². The van der Waals surface area contributed by atoms with E-state index in [4.69, 9.17) is 9.72 Å². The van der Waals surface area contributed by atoms with Gasteiger partial charge in [0.15, 0.2) is 5.13 Å².